The lowest BCUT2D eigenvalue weighted by Crippen LogP contribution is -2.25. The Labute approximate surface area is 117 Å². The number of rotatable bonds is 9. The molecule has 1 rings (SSSR count). The van der Waals surface area contributed by atoms with Crippen molar-refractivity contribution in [1.29, 1.82) is 0 Å². The summed E-state index contributed by atoms with van der Waals surface area (Å²) < 4.78 is 49.2. The number of aliphatic hydroxyl groups is 1. The van der Waals surface area contributed by atoms with E-state index in [4.69, 9.17) is 14.6 Å². The first-order valence-electron chi connectivity index (χ1n) is 6.03. The summed E-state index contributed by atoms with van der Waals surface area (Å²) in [6, 6.07) is 3.43. The van der Waals surface area contributed by atoms with Crippen molar-refractivity contribution in [2.75, 3.05) is 33.5 Å². The quantitative estimate of drug-likeness (QED) is 0.649. The smallest absolute Gasteiger partial charge is 0.240 e. The van der Waals surface area contributed by atoms with Crippen LogP contribution in [0.4, 0.5) is 4.39 Å². The van der Waals surface area contributed by atoms with Crippen molar-refractivity contribution in [3.05, 3.63) is 24.0 Å². The minimum absolute atomic E-state index is 0.0126. The van der Waals surface area contributed by atoms with E-state index < -0.39 is 15.8 Å². The lowest BCUT2D eigenvalue weighted by Gasteiger charge is -2.08. The van der Waals surface area contributed by atoms with Crippen LogP contribution < -0.4 is 9.46 Å². The van der Waals surface area contributed by atoms with E-state index in [-0.39, 0.29) is 30.4 Å². The van der Waals surface area contributed by atoms with Crippen LogP contribution in [0, 0.1) is 5.82 Å². The van der Waals surface area contributed by atoms with E-state index in [1.54, 1.807) is 0 Å². The second kappa shape index (κ2) is 8.15. The Hall–Kier alpha value is -1.22. The zero-order chi connectivity index (χ0) is 15.0. The molecule has 0 radical (unpaired) electrons. The van der Waals surface area contributed by atoms with Gasteiger partial charge in [0.2, 0.25) is 10.0 Å². The number of hydrogen-bond acceptors (Lipinski definition) is 5. The number of hydrogen-bond donors (Lipinski definition) is 2. The number of methoxy groups -OCH3 is 1. The van der Waals surface area contributed by atoms with Gasteiger partial charge >= 0.3 is 0 Å². The molecule has 1 aromatic rings. The van der Waals surface area contributed by atoms with Gasteiger partial charge in [-0.2, -0.15) is 0 Å². The van der Waals surface area contributed by atoms with E-state index in [2.05, 4.69) is 4.72 Å². The van der Waals surface area contributed by atoms with Gasteiger partial charge in [-0.1, -0.05) is 0 Å². The highest BCUT2D eigenvalue weighted by molar-refractivity contribution is 7.89. The van der Waals surface area contributed by atoms with Crippen molar-refractivity contribution in [3.8, 4) is 5.75 Å². The number of halogens is 1. The first kappa shape index (κ1) is 16.8. The van der Waals surface area contributed by atoms with Crippen LogP contribution in [-0.2, 0) is 14.8 Å². The van der Waals surface area contributed by atoms with E-state index in [0.717, 1.165) is 6.07 Å². The Balaban J connectivity index is 2.54. The molecule has 8 heteroatoms. The molecule has 0 aromatic heterocycles. The second-order valence-electron chi connectivity index (χ2n) is 3.88. The van der Waals surface area contributed by atoms with Crippen LogP contribution >= 0.6 is 0 Å². The summed E-state index contributed by atoms with van der Waals surface area (Å²) in [6.45, 7) is 0.648. The second-order valence-corrected chi connectivity index (χ2v) is 5.65. The molecule has 20 heavy (non-hydrogen) atoms. The van der Waals surface area contributed by atoms with Crippen LogP contribution in [0.3, 0.4) is 0 Å². The average molecular weight is 307 g/mol. The number of aliphatic hydroxyl groups excluding tert-OH is 1. The van der Waals surface area contributed by atoms with Crippen LogP contribution in [-0.4, -0.2) is 47.0 Å². The van der Waals surface area contributed by atoms with Crippen LogP contribution in [0.1, 0.15) is 6.42 Å². The number of nitrogens with one attached hydrogen (secondary N) is 1. The number of ether oxygens (including phenoxy) is 2. The number of sulfonamides is 1. The van der Waals surface area contributed by atoms with Gasteiger partial charge in [-0.05, 0) is 24.6 Å². The van der Waals surface area contributed by atoms with E-state index in [1.807, 2.05) is 0 Å². The largest absolute Gasteiger partial charge is 0.494 e. The lowest BCUT2D eigenvalue weighted by molar-refractivity contribution is 0.0913. The molecule has 1 aromatic carbocycles. The predicted molar refractivity (Wildman–Crippen MR) is 70.7 cm³/mol. The maximum absolute atomic E-state index is 13.4. The third-order valence-electron chi connectivity index (χ3n) is 2.43. The molecule has 0 fully saturated rings. The van der Waals surface area contributed by atoms with Crippen LogP contribution in [0.15, 0.2) is 23.1 Å². The van der Waals surface area contributed by atoms with Gasteiger partial charge in [-0.15, -0.1) is 0 Å². The summed E-state index contributed by atoms with van der Waals surface area (Å²) >= 11 is 0. The average Bonchev–Trinajstić information content (AvgIpc) is 2.42. The van der Waals surface area contributed by atoms with E-state index in [9.17, 15) is 12.8 Å². The van der Waals surface area contributed by atoms with Crippen molar-refractivity contribution < 1.29 is 27.4 Å². The van der Waals surface area contributed by atoms with Crippen LogP contribution in [0.5, 0.6) is 5.75 Å². The Morgan fingerprint density at radius 2 is 2.10 bits per heavy atom. The van der Waals surface area contributed by atoms with Crippen molar-refractivity contribution >= 4 is 10.0 Å². The molecule has 0 aliphatic rings. The van der Waals surface area contributed by atoms with E-state index in [1.165, 1.54) is 19.2 Å². The van der Waals surface area contributed by atoms with Gasteiger partial charge in [-0.3, -0.25) is 0 Å². The first-order chi connectivity index (χ1) is 9.51. The van der Waals surface area contributed by atoms with Crippen molar-refractivity contribution in [2.24, 2.45) is 0 Å². The monoisotopic (exact) mass is 307 g/mol. The minimum atomic E-state index is -3.75. The Morgan fingerprint density at radius 1 is 1.35 bits per heavy atom. The van der Waals surface area contributed by atoms with Gasteiger partial charge in [0.1, 0.15) is 0 Å². The van der Waals surface area contributed by atoms with Gasteiger partial charge in [0.25, 0.3) is 0 Å². The van der Waals surface area contributed by atoms with Crippen molar-refractivity contribution in [1.82, 2.24) is 4.72 Å². The standard InChI is InChI=1S/C12H18FNO5S/c1-18-12-4-3-10(9-11(12)13)20(16,17)14-5-2-7-19-8-6-15/h3-4,9,14-15H,2,5-8H2,1H3. The van der Waals surface area contributed by atoms with Crippen molar-refractivity contribution in [2.45, 2.75) is 11.3 Å². The maximum Gasteiger partial charge on any atom is 0.240 e. The normalized spacial score (nSPS) is 11.6. The summed E-state index contributed by atoms with van der Waals surface area (Å²) in [5, 5.41) is 8.49. The van der Waals surface area contributed by atoms with Gasteiger partial charge in [0, 0.05) is 13.2 Å². The Bertz CT molecular complexity index is 521. The van der Waals surface area contributed by atoms with Crippen molar-refractivity contribution in [3.63, 3.8) is 0 Å². The summed E-state index contributed by atoms with van der Waals surface area (Å²) in [4.78, 5) is -0.160. The SMILES string of the molecule is COc1ccc(S(=O)(=O)NCCCOCCO)cc1F. The molecule has 114 valence electrons. The molecule has 0 heterocycles. The zero-order valence-electron chi connectivity index (χ0n) is 11.1. The van der Waals surface area contributed by atoms with E-state index in [0.29, 0.717) is 13.0 Å². The fraction of sp³-hybridized carbons (Fsp3) is 0.500. The third kappa shape index (κ3) is 5.04. The van der Waals surface area contributed by atoms with E-state index >= 15 is 0 Å². The number of benzene rings is 1. The molecule has 6 nitrogen and oxygen atoms in total. The molecular weight excluding hydrogens is 289 g/mol. The van der Waals surface area contributed by atoms with Gasteiger partial charge in [0.15, 0.2) is 11.6 Å². The molecular formula is C12H18FNO5S. The molecule has 2 N–H and O–H groups in total. The van der Waals surface area contributed by atoms with Gasteiger partial charge in [0.05, 0.1) is 25.2 Å². The molecule has 0 spiro atoms. The third-order valence-corrected chi connectivity index (χ3v) is 3.89. The topological polar surface area (TPSA) is 84.9 Å². The van der Waals surface area contributed by atoms with Gasteiger partial charge < -0.3 is 14.6 Å². The lowest BCUT2D eigenvalue weighted by atomic mass is 10.3. The molecule has 0 aliphatic heterocycles. The highest BCUT2D eigenvalue weighted by atomic mass is 32.2. The molecule has 0 saturated carbocycles. The minimum Gasteiger partial charge on any atom is -0.494 e. The molecule has 0 atom stereocenters. The summed E-state index contributed by atoms with van der Waals surface area (Å²) in [6.07, 6.45) is 0.456. The Morgan fingerprint density at radius 3 is 2.70 bits per heavy atom. The molecule has 0 aliphatic carbocycles. The highest BCUT2D eigenvalue weighted by Gasteiger charge is 2.15. The fourth-order valence-electron chi connectivity index (χ4n) is 1.44. The summed E-state index contributed by atoms with van der Waals surface area (Å²) in [5.41, 5.74) is 0. The zero-order valence-corrected chi connectivity index (χ0v) is 12.0. The predicted octanol–water partition coefficient (Wildman–Crippen LogP) is 0.512. The molecule has 0 unspecified atom stereocenters. The first-order valence-corrected chi connectivity index (χ1v) is 7.51. The molecule has 0 amide bonds. The molecule has 0 bridgehead atoms. The van der Waals surface area contributed by atoms with Crippen LogP contribution in [0.25, 0.3) is 0 Å². The van der Waals surface area contributed by atoms with Gasteiger partial charge in [-0.25, -0.2) is 17.5 Å². The fourth-order valence-corrected chi connectivity index (χ4v) is 2.53. The summed E-state index contributed by atoms with van der Waals surface area (Å²) in [5.74, 6) is -0.747. The summed E-state index contributed by atoms with van der Waals surface area (Å²) in [7, 11) is -2.45. The highest BCUT2D eigenvalue weighted by Crippen LogP contribution is 2.20. The Kier molecular flexibility index (Phi) is 6.86. The van der Waals surface area contributed by atoms with Crippen LogP contribution in [0.2, 0.25) is 0 Å². The maximum atomic E-state index is 13.4. The molecule has 0 saturated heterocycles.